The Hall–Kier alpha value is -1.92. The van der Waals surface area contributed by atoms with Crippen molar-refractivity contribution < 1.29 is 14.8 Å². The molecule has 0 saturated carbocycles. The molecule has 0 fully saturated rings. The fourth-order valence-corrected chi connectivity index (χ4v) is 1.15. The third-order valence-electron chi connectivity index (χ3n) is 1.93. The molecule has 0 radical (unpaired) electrons. The summed E-state index contributed by atoms with van der Waals surface area (Å²) < 4.78 is 5.33. The van der Waals surface area contributed by atoms with E-state index in [9.17, 15) is 0 Å². The van der Waals surface area contributed by atoms with E-state index in [1.165, 1.54) is 0 Å². The van der Waals surface area contributed by atoms with Crippen LogP contribution < -0.4 is 10.2 Å². The number of ether oxygens (including phenoxy) is 1. The van der Waals surface area contributed by atoms with Gasteiger partial charge in [-0.05, 0) is 23.7 Å². The first-order valence-corrected chi connectivity index (χ1v) is 4.66. The molecule has 16 heavy (non-hydrogen) atoms. The molecule has 0 bridgehead atoms. The van der Waals surface area contributed by atoms with Gasteiger partial charge in [0.15, 0.2) is 0 Å². The van der Waals surface area contributed by atoms with Crippen LogP contribution in [0.1, 0.15) is 0 Å². The third kappa shape index (κ3) is 2.56. The average Bonchev–Trinajstić information content (AvgIpc) is 2.31. The predicted octanol–water partition coefficient (Wildman–Crippen LogP) is -0.0513. The predicted molar refractivity (Wildman–Crippen MR) is 58.4 cm³/mol. The van der Waals surface area contributed by atoms with Gasteiger partial charge >= 0.3 is 13.1 Å². The molecule has 2 aromatic rings. The lowest BCUT2D eigenvalue weighted by molar-refractivity contribution is 0.425. The highest BCUT2D eigenvalue weighted by atomic mass is 16.5. The molecular formula is C10H9BN2O3. The SMILES string of the molecule is OB(O)c1ccc(Oc2ncccn2)cc1. The molecule has 0 saturated heterocycles. The Morgan fingerprint density at radius 1 is 1.00 bits per heavy atom. The van der Waals surface area contributed by atoms with Crippen LogP contribution in [0.25, 0.3) is 0 Å². The maximum absolute atomic E-state index is 8.89. The minimum absolute atomic E-state index is 0.250. The highest BCUT2D eigenvalue weighted by Crippen LogP contribution is 2.14. The summed E-state index contributed by atoms with van der Waals surface area (Å²) >= 11 is 0. The van der Waals surface area contributed by atoms with Gasteiger partial charge in [-0.25, -0.2) is 9.97 Å². The van der Waals surface area contributed by atoms with Gasteiger partial charge < -0.3 is 14.8 Å². The number of aromatic nitrogens is 2. The zero-order valence-corrected chi connectivity index (χ0v) is 8.32. The van der Waals surface area contributed by atoms with Gasteiger partial charge in [0.2, 0.25) is 0 Å². The van der Waals surface area contributed by atoms with Crippen LogP contribution in [0.4, 0.5) is 0 Å². The van der Waals surface area contributed by atoms with Crippen molar-refractivity contribution in [1.82, 2.24) is 9.97 Å². The number of nitrogens with zero attached hydrogens (tertiary/aromatic N) is 2. The maximum Gasteiger partial charge on any atom is 0.488 e. The molecule has 0 unspecified atom stereocenters. The second kappa shape index (κ2) is 4.74. The van der Waals surface area contributed by atoms with Gasteiger partial charge in [-0.3, -0.25) is 0 Å². The second-order valence-electron chi connectivity index (χ2n) is 3.08. The number of hydrogen-bond donors (Lipinski definition) is 2. The lowest BCUT2D eigenvalue weighted by Crippen LogP contribution is -2.29. The fraction of sp³-hybridized carbons (Fsp3) is 0. The average molecular weight is 216 g/mol. The van der Waals surface area contributed by atoms with E-state index in [2.05, 4.69) is 9.97 Å². The Labute approximate surface area is 92.5 Å². The highest BCUT2D eigenvalue weighted by molar-refractivity contribution is 6.58. The Morgan fingerprint density at radius 2 is 1.62 bits per heavy atom. The summed E-state index contributed by atoms with van der Waals surface area (Å²) in [5.74, 6) is 0.538. The molecule has 1 aromatic carbocycles. The molecule has 0 atom stereocenters. The molecule has 0 amide bonds. The molecule has 1 heterocycles. The standard InChI is InChI=1S/C10H9BN2O3/c14-11(15)8-2-4-9(5-3-8)16-10-12-6-1-7-13-10/h1-7,14-15H. The van der Waals surface area contributed by atoms with Crippen molar-refractivity contribution in [2.75, 3.05) is 0 Å². The van der Waals surface area contributed by atoms with E-state index in [4.69, 9.17) is 14.8 Å². The zero-order valence-electron chi connectivity index (χ0n) is 8.32. The normalized spacial score (nSPS) is 9.88. The van der Waals surface area contributed by atoms with Gasteiger partial charge in [0.1, 0.15) is 5.75 Å². The van der Waals surface area contributed by atoms with Crippen LogP contribution in [0.2, 0.25) is 0 Å². The van der Waals surface area contributed by atoms with Crippen LogP contribution in [0, 0.1) is 0 Å². The Bertz CT molecular complexity index is 447. The van der Waals surface area contributed by atoms with Crippen molar-refractivity contribution in [2.45, 2.75) is 0 Å². The Kier molecular flexibility index (Phi) is 3.14. The molecule has 6 heteroatoms. The first kappa shape index (κ1) is 10.6. The van der Waals surface area contributed by atoms with E-state index in [-0.39, 0.29) is 6.01 Å². The summed E-state index contributed by atoms with van der Waals surface area (Å²) in [5.41, 5.74) is 0.404. The quantitative estimate of drug-likeness (QED) is 0.703. The maximum atomic E-state index is 8.89. The van der Waals surface area contributed by atoms with E-state index >= 15 is 0 Å². The lowest BCUT2D eigenvalue weighted by Gasteiger charge is -2.04. The molecule has 2 N–H and O–H groups in total. The van der Waals surface area contributed by atoms with Crippen molar-refractivity contribution in [3.05, 3.63) is 42.7 Å². The lowest BCUT2D eigenvalue weighted by atomic mass is 9.80. The van der Waals surface area contributed by atoms with Gasteiger partial charge in [0.05, 0.1) is 0 Å². The van der Waals surface area contributed by atoms with Gasteiger partial charge in [0, 0.05) is 12.4 Å². The summed E-state index contributed by atoms with van der Waals surface area (Å²) in [6.07, 6.45) is 3.16. The summed E-state index contributed by atoms with van der Waals surface area (Å²) in [5, 5.41) is 17.8. The second-order valence-corrected chi connectivity index (χ2v) is 3.08. The van der Waals surface area contributed by atoms with E-state index < -0.39 is 7.12 Å². The first-order chi connectivity index (χ1) is 7.75. The van der Waals surface area contributed by atoms with E-state index in [1.807, 2.05) is 0 Å². The molecule has 0 aliphatic heterocycles. The number of hydrogen-bond acceptors (Lipinski definition) is 5. The Balaban J connectivity index is 2.11. The van der Waals surface area contributed by atoms with E-state index in [1.54, 1.807) is 42.7 Å². The highest BCUT2D eigenvalue weighted by Gasteiger charge is 2.10. The van der Waals surface area contributed by atoms with Crippen molar-refractivity contribution in [3.63, 3.8) is 0 Å². The van der Waals surface area contributed by atoms with Gasteiger partial charge in [0.25, 0.3) is 0 Å². The number of benzene rings is 1. The summed E-state index contributed by atoms with van der Waals surface area (Å²) in [4.78, 5) is 7.80. The number of rotatable bonds is 3. The molecule has 0 spiro atoms. The van der Waals surface area contributed by atoms with Crippen molar-refractivity contribution >= 4 is 12.6 Å². The first-order valence-electron chi connectivity index (χ1n) is 4.66. The smallest absolute Gasteiger partial charge is 0.424 e. The van der Waals surface area contributed by atoms with Crippen LogP contribution in [-0.4, -0.2) is 27.1 Å². The Morgan fingerprint density at radius 3 is 2.19 bits per heavy atom. The molecule has 0 aliphatic rings. The summed E-state index contributed by atoms with van der Waals surface area (Å²) in [6, 6.07) is 8.29. The minimum Gasteiger partial charge on any atom is -0.424 e. The summed E-state index contributed by atoms with van der Waals surface area (Å²) in [7, 11) is -1.47. The minimum atomic E-state index is -1.47. The van der Waals surface area contributed by atoms with E-state index in [0.29, 0.717) is 11.2 Å². The summed E-state index contributed by atoms with van der Waals surface area (Å²) in [6.45, 7) is 0. The van der Waals surface area contributed by atoms with E-state index in [0.717, 1.165) is 0 Å². The molecular weight excluding hydrogens is 207 g/mol. The van der Waals surface area contributed by atoms with Gasteiger partial charge in [-0.15, -0.1) is 0 Å². The van der Waals surface area contributed by atoms with Crippen LogP contribution in [0.5, 0.6) is 11.8 Å². The molecule has 5 nitrogen and oxygen atoms in total. The molecule has 80 valence electrons. The molecule has 0 aliphatic carbocycles. The monoisotopic (exact) mass is 216 g/mol. The van der Waals surface area contributed by atoms with Crippen molar-refractivity contribution in [1.29, 1.82) is 0 Å². The van der Waals surface area contributed by atoms with Gasteiger partial charge in [-0.1, -0.05) is 12.1 Å². The molecule has 1 aromatic heterocycles. The molecule has 2 rings (SSSR count). The van der Waals surface area contributed by atoms with Crippen LogP contribution in [0.3, 0.4) is 0 Å². The largest absolute Gasteiger partial charge is 0.488 e. The van der Waals surface area contributed by atoms with Crippen LogP contribution >= 0.6 is 0 Å². The zero-order chi connectivity index (χ0) is 11.4. The van der Waals surface area contributed by atoms with Crippen LogP contribution in [-0.2, 0) is 0 Å². The topological polar surface area (TPSA) is 75.5 Å². The van der Waals surface area contributed by atoms with Gasteiger partial charge in [-0.2, -0.15) is 0 Å². The fourth-order valence-electron chi connectivity index (χ4n) is 1.15. The van der Waals surface area contributed by atoms with Crippen molar-refractivity contribution in [2.24, 2.45) is 0 Å². The third-order valence-corrected chi connectivity index (χ3v) is 1.93. The van der Waals surface area contributed by atoms with Crippen LogP contribution in [0.15, 0.2) is 42.7 Å². The van der Waals surface area contributed by atoms with Crippen molar-refractivity contribution in [3.8, 4) is 11.8 Å².